The van der Waals surface area contributed by atoms with Gasteiger partial charge in [-0.15, -0.1) is 0 Å². The number of hydrogen-bond acceptors (Lipinski definition) is 2. The summed E-state index contributed by atoms with van der Waals surface area (Å²) in [6.45, 7) is 4.19. The Kier molecular flexibility index (Phi) is 4.25. The lowest BCUT2D eigenvalue weighted by atomic mass is 9.95. The van der Waals surface area contributed by atoms with Gasteiger partial charge in [0.05, 0.1) is 5.54 Å². The molecule has 0 aromatic heterocycles. The molecule has 104 valence electrons. The first-order valence-corrected chi connectivity index (χ1v) is 6.88. The zero-order valence-corrected chi connectivity index (χ0v) is 12.5. The second kappa shape index (κ2) is 5.92. The SMILES string of the molecule is CC(C)(NC(=S)Nc1ccc(N)cc1)c1ccccc1. The number of rotatable bonds is 3. The summed E-state index contributed by atoms with van der Waals surface area (Å²) < 4.78 is 0. The molecule has 0 fully saturated rings. The van der Waals surface area contributed by atoms with Crippen LogP contribution >= 0.6 is 12.2 Å². The molecule has 20 heavy (non-hydrogen) atoms. The van der Waals surface area contributed by atoms with E-state index in [4.69, 9.17) is 18.0 Å². The normalized spacial score (nSPS) is 10.9. The number of anilines is 2. The van der Waals surface area contributed by atoms with Crippen molar-refractivity contribution in [3.05, 3.63) is 60.2 Å². The minimum absolute atomic E-state index is 0.237. The summed E-state index contributed by atoms with van der Waals surface area (Å²) in [5.41, 5.74) is 8.26. The van der Waals surface area contributed by atoms with Crippen LogP contribution in [0.1, 0.15) is 19.4 Å². The van der Waals surface area contributed by atoms with Crippen LogP contribution in [0.2, 0.25) is 0 Å². The maximum absolute atomic E-state index is 5.66. The Bertz CT molecular complexity index is 576. The van der Waals surface area contributed by atoms with Gasteiger partial charge < -0.3 is 16.4 Å². The lowest BCUT2D eigenvalue weighted by Crippen LogP contribution is -2.43. The van der Waals surface area contributed by atoms with Crippen molar-refractivity contribution in [2.45, 2.75) is 19.4 Å². The molecule has 0 amide bonds. The van der Waals surface area contributed by atoms with Crippen molar-refractivity contribution in [3.63, 3.8) is 0 Å². The van der Waals surface area contributed by atoms with Crippen LogP contribution in [0.15, 0.2) is 54.6 Å². The molecule has 0 bridgehead atoms. The van der Waals surface area contributed by atoms with E-state index in [-0.39, 0.29) is 5.54 Å². The van der Waals surface area contributed by atoms with Crippen LogP contribution in [0.25, 0.3) is 0 Å². The fraction of sp³-hybridized carbons (Fsp3) is 0.188. The topological polar surface area (TPSA) is 50.1 Å². The third-order valence-electron chi connectivity index (χ3n) is 3.09. The van der Waals surface area contributed by atoms with E-state index in [0.717, 1.165) is 11.4 Å². The number of nitrogens with one attached hydrogen (secondary N) is 2. The third kappa shape index (κ3) is 3.71. The molecule has 0 aliphatic heterocycles. The Labute approximate surface area is 125 Å². The summed E-state index contributed by atoms with van der Waals surface area (Å²) in [6, 6.07) is 17.7. The summed E-state index contributed by atoms with van der Waals surface area (Å²) >= 11 is 5.36. The van der Waals surface area contributed by atoms with E-state index in [0.29, 0.717) is 5.11 Å². The molecule has 0 spiro atoms. The summed E-state index contributed by atoms with van der Waals surface area (Å²) in [7, 11) is 0. The summed E-state index contributed by atoms with van der Waals surface area (Å²) in [5.74, 6) is 0. The smallest absolute Gasteiger partial charge is 0.171 e. The molecule has 4 heteroatoms. The van der Waals surface area contributed by atoms with E-state index in [2.05, 4.69) is 36.6 Å². The molecule has 0 unspecified atom stereocenters. The average molecular weight is 285 g/mol. The second-order valence-corrected chi connectivity index (χ2v) is 5.60. The van der Waals surface area contributed by atoms with Crippen molar-refractivity contribution in [2.75, 3.05) is 11.1 Å². The summed E-state index contributed by atoms with van der Waals surface area (Å²) in [4.78, 5) is 0. The Morgan fingerprint density at radius 1 is 1.00 bits per heavy atom. The third-order valence-corrected chi connectivity index (χ3v) is 3.29. The van der Waals surface area contributed by atoms with Crippen molar-refractivity contribution in [3.8, 4) is 0 Å². The molecular weight excluding hydrogens is 266 g/mol. The lowest BCUT2D eigenvalue weighted by Gasteiger charge is -2.28. The monoisotopic (exact) mass is 285 g/mol. The zero-order chi connectivity index (χ0) is 14.6. The van der Waals surface area contributed by atoms with Crippen molar-refractivity contribution in [1.29, 1.82) is 0 Å². The van der Waals surface area contributed by atoms with Gasteiger partial charge in [0.15, 0.2) is 5.11 Å². The predicted molar refractivity (Wildman–Crippen MR) is 89.7 cm³/mol. The average Bonchev–Trinajstić information content (AvgIpc) is 2.42. The van der Waals surface area contributed by atoms with Gasteiger partial charge in [0, 0.05) is 11.4 Å². The molecule has 2 rings (SSSR count). The van der Waals surface area contributed by atoms with Crippen LogP contribution in [-0.4, -0.2) is 5.11 Å². The van der Waals surface area contributed by atoms with Gasteiger partial charge in [0.2, 0.25) is 0 Å². The first-order valence-electron chi connectivity index (χ1n) is 6.47. The van der Waals surface area contributed by atoms with Gasteiger partial charge >= 0.3 is 0 Å². The zero-order valence-electron chi connectivity index (χ0n) is 11.7. The van der Waals surface area contributed by atoms with E-state index < -0.39 is 0 Å². The molecular formula is C16H19N3S. The van der Waals surface area contributed by atoms with Crippen LogP contribution in [0.3, 0.4) is 0 Å². The van der Waals surface area contributed by atoms with Crippen LogP contribution in [0, 0.1) is 0 Å². The van der Waals surface area contributed by atoms with Gasteiger partial charge in [-0.05, 0) is 55.9 Å². The molecule has 0 saturated heterocycles. The molecule has 2 aromatic carbocycles. The van der Waals surface area contributed by atoms with Gasteiger partial charge in [0.25, 0.3) is 0 Å². The molecule has 3 nitrogen and oxygen atoms in total. The first-order chi connectivity index (χ1) is 9.47. The largest absolute Gasteiger partial charge is 0.399 e. The molecule has 0 atom stereocenters. The molecule has 0 heterocycles. The molecule has 0 saturated carbocycles. The van der Waals surface area contributed by atoms with E-state index in [1.165, 1.54) is 5.56 Å². The van der Waals surface area contributed by atoms with Crippen molar-refractivity contribution in [1.82, 2.24) is 5.32 Å². The van der Waals surface area contributed by atoms with Gasteiger partial charge in [-0.25, -0.2) is 0 Å². The Morgan fingerprint density at radius 3 is 2.20 bits per heavy atom. The van der Waals surface area contributed by atoms with Crippen LogP contribution in [-0.2, 0) is 5.54 Å². The van der Waals surface area contributed by atoms with Crippen LogP contribution in [0.5, 0.6) is 0 Å². The number of nitrogen functional groups attached to an aromatic ring is 1. The molecule has 0 aliphatic rings. The lowest BCUT2D eigenvalue weighted by molar-refractivity contribution is 0.489. The number of benzene rings is 2. The van der Waals surface area contributed by atoms with E-state index in [1.807, 2.05) is 42.5 Å². The van der Waals surface area contributed by atoms with Gasteiger partial charge in [0.1, 0.15) is 0 Å². The Balaban J connectivity index is 2.02. The predicted octanol–water partition coefficient (Wildman–Crippen LogP) is 3.49. The van der Waals surface area contributed by atoms with E-state index in [1.54, 1.807) is 0 Å². The Hall–Kier alpha value is -2.07. The molecule has 0 radical (unpaired) electrons. The molecule has 2 aromatic rings. The quantitative estimate of drug-likeness (QED) is 0.597. The summed E-state index contributed by atoms with van der Waals surface area (Å²) in [6.07, 6.45) is 0. The molecule has 0 aliphatic carbocycles. The van der Waals surface area contributed by atoms with Crippen LogP contribution in [0.4, 0.5) is 11.4 Å². The van der Waals surface area contributed by atoms with Crippen LogP contribution < -0.4 is 16.4 Å². The highest BCUT2D eigenvalue weighted by Gasteiger charge is 2.20. The van der Waals surface area contributed by atoms with Crippen molar-refractivity contribution in [2.24, 2.45) is 0 Å². The first kappa shape index (κ1) is 14.3. The second-order valence-electron chi connectivity index (χ2n) is 5.19. The van der Waals surface area contributed by atoms with E-state index in [9.17, 15) is 0 Å². The number of hydrogen-bond donors (Lipinski definition) is 3. The maximum atomic E-state index is 5.66. The number of nitrogens with two attached hydrogens (primary N) is 1. The molecule has 4 N–H and O–H groups in total. The number of thiocarbonyl (C=S) groups is 1. The fourth-order valence-electron chi connectivity index (χ4n) is 1.94. The van der Waals surface area contributed by atoms with Crippen molar-refractivity contribution < 1.29 is 0 Å². The standard InChI is InChI=1S/C16H19N3S/c1-16(2,12-6-4-3-5-7-12)19-15(20)18-14-10-8-13(17)9-11-14/h3-11H,17H2,1-2H3,(H2,18,19,20). The highest BCUT2D eigenvalue weighted by atomic mass is 32.1. The van der Waals surface area contributed by atoms with Gasteiger partial charge in [-0.1, -0.05) is 30.3 Å². The maximum Gasteiger partial charge on any atom is 0.171 e. The van der Waals surface area contributed by atoms with Gasteiger partial charge in [-0.2, -0.15) is 0 Å². The fourth-order valence-corrected chi connectivity index (χ4v) is 2.31. The minimum Gasteiger partial charge on any atom is -0.399 e. The van der Waals surface area contributed by atoms with Gasteiger partial charge in [-0.3, -0.25) is 0 Å². The highest BCUT2D eigenvalue weighted by Crippen LogP contribution is 2.20. The highest BCUT2D eigenvalue weighted by molar-refractivity contribution is 7.80. The summed E-state index contributed by atoms with van der Waals surface area (Å²) in [5, 5.41) is 7.07. The van der Waals surface area contributed by atoms with Crippen molar-refractivity contribution >= 4 is 28.7 Å². The van der Waals surface area contributed by atoms with E-state index >= 15 is 0 Å². The minimum atomic E-state index is -0.237. The Morgan fingerprint density at radius 2 is 1.60 bits per heavy atom.